The topological polar surface area (TPSA) is 60.7 Å². The van der Waals surface area contributed by atoms with Crippen LogP contribution in [0.25, 0.3) is 0 Å². The first-order valence-corrected chi connectivity index (χ1v) is 3.12. The van der Waals surface area contributed by atoms with Crippen LogP contribution >= 0.6 is 0 Å². The van der Waals surface area contributed by atoms with Crippen molar-refractivity contribution in [2.75, 3.05) is 13.2 Å². The lowest BCUT2D eigenvalue weighted by atomic mass is 10.0. The minimum absolute atomic E-state index is 0.0239. The first-order chi connectivity index (χ1) is 4.22. The molecule has 3 nitrogen and oxygen atoms in total. The van der Waals surface area contributed by atoms with Gasteiger partial charge in [-0.2, -0.15) is 0 Å². The molecule has 2 atom stereocenters. The summed E-state index contributed by atoms with van der Waals surface area (Å²) in [6.45, 7) is 1.57. The van der Waals surface area contributed by atoms with Gasteiger partial charge in [-0.1, -0.05) is 0 Å². The molecule has 0 aromatic carbocycles. The maximum Gasteiger partial charge on any atom is 0.0563 e. The van der Waals surface area contributed by atoms with Crippen LogP contribution in [0.5, 0.6) is 0 Å². The van der Waals surface area contributed by atoms with Crippen LogP contribution in [0, 0.1) is 5.92 Å². The second-order valence-corrected chi connectivity index (χ2v) is 2.20. The van der Waals surface area contributed by atoms with E-state index >= 15 is 0 Å². The molecule has 0 radical (unpaired) electrons. The zero-order valence-electron chi connectivity index (χ0n) is 5.62. The molecule has 0 fully saturated rings. The molecule has 2 unspecified atom stereocenters. The largest absolute Gasteiger partial charge is 0.396 e. The van der Waals surface area contributed by atoms with E-state index in [1.807, 2.05) is 0 Å². The Morgan fingerprint density at radius 2 is 1.89 bits per heavy atom. The third-order valence-electron chi connectivity index (χ3n) is 1.42. The molecule has 9 heavy (non-hydrogen) atoms. The third-order valence-corrected chi connectivity index (χ3v) is 1.42. The number of hydrogen-bond acceptors (Lipinski definition) is 3. The fraction of sp³-hybridized carbons (Fsp3) is 1.00. The lowest BCUT2D eigenvalue weighted by Gasteiger charge is -2.14. The Kier molecular flexibility index (Phi) is 4.67. The van der Waals surface area contributed by atoms with Crippen LogP contribution in [-0.2, 0) is 0 Å². The van der Waals surface area contributed by atoms with E-state index in [2.05, 4.69) is 0 Å². The Morgan fingerprint density at radius 1 is 1.33 bits per heavy atom. The van der Waals surface area contributed by atoms with Gasteiger partial charge in [0, 0.05) is 19.1 Å². The molecule has 0 rings (SSSR count). The maximum atomic E-state index is 8.87. The van der Waals surface area contributed by atoms with E-state index in [1.54, 1.807) is 6.92 Å². The summed E-state index contributed by atoms with van der Waals surface area (Å²) in [7, 11) is 0. The summed E-state index contributed by atoms with van der Waals surface area (Å²) in [5.41, 5.74) is 0. The molecule has 3 N–H and O–H groups in total. The minimum atomic E-state index is -0.526. The molecule has 0 saturated heterocycles. The van der Waals surface area contributed by atoms with Crippen LogP contribution in [0.4, 0.5) is 0 Å². The summed E-state index contributed by atoms with van der Waals surface area (Å²) < 4.78 is 0. The Morgan fingerprint density at radius 3 is 2.00 bits per heavy atom. The standard InChI is InChI=1S/C6H14O3/c1-5(9)6(4-8)2-3-7/h5-9H,2-4H2,1H3. The molecule has 0 aromatic rings. The lowest BCUT2D eigenvalue weighted by Crippen LogP contribution is -2.21. The van der Waals surface area contributed by atoms with E-state index in [9.17, 15) is 0 Å². The predicted molar refractivity (Wildman–Crippen MR) is 34.0 cm³/mol. The Hall–Kier alpha value is -0.120. The van der Waals surface area contributed by atoms with Gasteiger partial charge < -0.3 is 15.3 Å². The molecule has 0 amide bonds. The van der Waals surface area contributed by atoms with Gasteiger partial charge in [-0.25, -0.2) is 0 Å². The van der Waals surface area contributed by atoms with E-state index in [0.29, 0.717) is 6.42 Å². The predicted octanol–water partition coefficient (Wildman–Crippen LogP) is -0.642. The number of aliphatic hydroxyl groups excluding tert-OH is 3. The van der Waals surface area contributed by atoms with Crippen LogP contribution in [-0.4, -0.2) is 34.6 Å². The number of aliphatic hydroxyl groups is 3. The van der Waals surface area contributed by atoms with Crippen LogP contribution in [0.1, 0.15) is 13.3 Å². The summed E-state index contributed by atoms with van der Waals surface area (Å²) >= 11 is 0. The molecule has 0 spiro atoms. The third kappa shape index (κ3) is 3.46. The summed E-state index contributed by atoms with van der Waals surface area (Å²) in [5.74, 6) is -0.171. The van der Waals surface area contributed by atoms with Gasteiger partial charge in [-0.05, 0) is 13.3 Å². The van der Waals surface area contributed by atoms with E-state index in [0.717, 1.165) is 0 Å². The van der Waals surface area contributed by atoms with Crippen molar-refractivity contribution < 1.29 is 15.3 Å². The fourth-order valence-corrected chi connectivity index (χ4v) is 0.651. The van der Waals surface area contributed by atoms with Crippen molar-refractivity contribution in [3.63, 3.8) is 0 Å². The van der Waals surface area contributed by atoms with Crippen LogP contribution in [0.2, 0.25) is 0 Å². The summed E-state index contributed by atoms with van der Waals surface area (Å²) in [4.78, 5) is 0. The van der Waals surface area contributed by atoms with Gasteiger partial charge in [-0.3, -0.25) is 0 Å². The van der Waals surface area contributed by atoms with Gasteiger partial charge in [0.2, 0.25) is 0 Å². The average molecular weight is 134 g/mol. The number of rotatable bonds is 4. The first kappa shape index (κ1) is 8.88. The zero-order valence-corrected chi connectivity index (χ0v) is 5.62. The molecule has 0 aliphatic heterocycles. The fourth-order valence-electron chi connectivity index (χ4n) is 0.651. The molecule has 56 valence electrons. The second-order valence-electron chi connectivity index (χ2n) is 2.20. The molecule has 0 aliphatic rings. The van der Waals surface area contributed by atoms with Crippen molar-refractivity contribution in [3.05, 3.63) is 0 Å². The van der Waals surface area contributed by atoms with Gasteiger partial charge in [0.25, 0.3) is 0 Å². The SMILES string of the molecule is CC(O)C(CO)CCO. The Bertz CT molecular complexity index is 63.3. The molecule has 0 heterocycles. The van der Waals surface area contributed by atoms with Gasteiger partial charge in [-0.15, -0.1) is 0 Å². The highest BCUT2D eigenvalue weighted by atomic mass is 16.3. The summed E-state index contributed by atoms with van der Waals surface area (Å²) in [6.07, 6.45) is -0.0594. The van der Waals surface area contributed by atoms with E-state index in [-0.39, 0.29) is 19.1 Å². The van der Waals surface area contributed by atoms with E-state index in [1.165, 1.54) is 0 Å². The first-order valence-electron chi connectivity index (χ1n) is 3.12. The summed E-state index contributed by atoms with van der Waals surface area (Å²) in [5, 5.41) is 25.8. The maximum absolute atomic E-state index is 8.87. The Labute approximate surface area is 54.9 Å². The van der Waals surface area contributed by atoms with Crippen molar-refractivity contribution >= 4 is 0 Å². The second kappa shape index (κ2) is 4.73. The monoisotopic (exact) mass is 134 g/mol. The van der Waals surface area contributed by atoms with Crippen molar-refractivity contribution in [1.82, 2.24) is 0 Å². The molecule has 0 bridgehead atoms. The number of hydrogen-bond donors (Lipinski definition) is 3. The van der Waals surface area contributed by atoms with Crippen molar-refractivity contribution in [2.24, 2.45) is 5.92 Å². The van der Waals surface area contributed by atoms with Gasteiger partial charge >= 0.3 is 0 Å². The van der Waals surface area contributed by atoms with Crippen LogP contribution < -0.4 is 0 Å². The van der Waals surface area contributed by atoms with Gasteiger partial charge in [0.05, 0.1) is 6.10 Å². The highest BCUT2D eigenvalue weighted by Crippen LogP contribution is 2.05. The van der Waals surface area contributed by atoms with E-state index < -0.39 is 6.10 Å². The highest BCUT2D eigenvalue weighted by molar-refractivity contribution is 4.61. The molecule has 0 saturated carbocycles. The van der Waals surface area contributed by atoms with Gasteiger partial charge in [0.15, 0.2) is 0 Å². The minimum Gasteiger partial charge on any atom is -0.396 e. The molecule has 0 aromatic heterocycles. The summed E-state index contributed by atoms with van der Waals surface area (Å²) in [6, 6.07) is 0. The smallest absolute Gasteiger partial charge is 0.0563 e. The van der Waals surface area contributed by atoms with Crippen molar-refractivity contribution in [1.29, 1.82) is 0 Å². The zero-order chi connectivity index (χ0) is 7.28. The molecule has 0 aliphatic carbocycles. The molecule has 3 heteroatoms. The van der Waals surface area contributed by atoms with Crippen molar-refractivity contribution in [2.45, 2.75) is 19.4 Å². The quantitative estimate of drug-likeness (QED) is 0.479. The molecular formula is C6H14O3. The van der Waals surface area contributed by atoms with E-state index in [4.69, 9.17) is 15.3 Å². The normalized spacial score (nSPS) is 17.3. The highest BCUT2D eigenvalue weighted by Gasteiger charge is 2.11. The Balaban J connectivity index is 3.41. The molecular weight excluding hydrogens is 120 g/mol. The average Bonchev–Trinajstić information content (AvgIpc) is 1.82. The van der Waals surface area contributed by atoms with Crippen molar-refractivity contribution in [3.8, 4) is 0 Å². The lowest BCUT2D eigenvalue weighted by molar-refractivity contribution is 0.0639. The van der Waals surface area contributed by atoms with Crippen LogP contribution in [0.15, 0.2) is 0 Å². The van der Waals surface area contributed by atoms with Crippen LogP contribution in [0.3, 0.4) is 0 Å². The van der Waals surface area contributed by atoms with Gasteiger partial charge in [0.1, 0.15) is 0 Å².